The van der Waals surface area contributed by atoms with Crippen molar-refractivity contribution in [1.29, 1.82) is 0 Å². The minimum absolute atomic E-state index is 0.00627. The average Bonchev–Trinajstić information content (AvgIpc) is 3.26. The zero-order valence-corrected chi connectivity index (χ0v) is 13.7. The smallest absolute Gasteiger partial charge is 0.249 e. The molecule has 23 heavy (non-hydrogen) atoms. The molecule has 0 unspecified atom stereocenters. The van der Waals surface area contributed by atoms with Crippen LogP contribution in [0.25, 0.3) is 0 Å². The lowest BCUT2D eigenvalue weighted by molar-refractivity contribution is -0.135. The number of thiophene rings is 1. The van der Waals surface area contributed by atoms with Crippen LogP contribution in [0.1, 0.15) is 29.3 Å². The molecule has 0 radical (unpaired) electrons. The molecule has 1 N–H and O–H groups in total. The highest BCUT2D eigenvalue weighted by molar-refractivity contribution is 7.10. The molecule has 2 heterocycles. The highest BCUT2D eigenvalue weighted by Gasteiger charge is 2.28. The Kier molecular flexibility index (Phi) is 5.08. The molecule has 0 bridgehead atoms. The zero-order chi connectivity index (χ0) is 16.1. The minimum atomic E-state index is -0.596. The van der Waals surface area contributed by atoms with E-state index in [2.05, 4.69) is 5.32 Å². The van der Waals surface area contributed by atoms with E-state index in [1.54, 1.807) is 11.3 Å². The SMILES string of the molecule is O=C(Cc1cccs1)N[C@H](C(=O)N1CCCC1)c1ccccc1. The largest absolute Gasteiger partial charge is 0.341 e. The summed E-state index contributed by atoms with van der Waals surface area (Å²) < 4.78 is 0. The number of likely N-dealkylation sites (tertiary alicyclic amines) is 1. The molecular formula is C18H20N2O2S. The quantitative estimate of drug-likeness (QED) is 0.917. The Bertz CT molecular complexity index is 649. The number of rotatable bonds is 5. The van der Waals surface area contributed by atoms with Gasteiger partial charge in [0, 0.05) is 18.0 Å². The number of hydrogen-bond acceptors (Lipinski definition) is 3. The fourth-order valence-electron chi connectivity index (χ4n) is 2.84. The molecule has 1 saturated heterocycles. The standard InChI is InChI=1S/C18H20N2O2S/c21-16(13-15-9-6-12-23-15)19-17(14-7-2-1-3-8-14)18(22)20-10-4-5-11-20/h1-3,6-9,12,17H,4-5,10-11,13H2,(H,19,21)/t17-/m0/s1. The third-order valence-corrected chi connectivity index (χ3v) is 4.89. The number of amides is 2. The van der Waals surface area contributed by atoms with Gasteiger partial charge in [0.05, 0.1) is 6.42 Å². The predicted octanol–water partition coefficient (Wildman–Crippen LogP) is 2.77. The molecule has 5 heteroatoms. The van der Waals surface area contributed by atoms with Gasteiger partial charge in [0.2, 0.25) is 11.8 Å². The number of carbonyl (C=O) groups excluding carboxylic acids is 2. The van der Waals surface area contributed by atoms with Crippen molar-refractivity contribution in [2.45, 2.75) is 25.3 Å². The third kappa shape index (κ3) is 3.99. The van der Waals surface area contributed by atoms with Gasteiger partial charge in [-0.1, -0.05) is 36.4 Å². The lowest BCUT2D eigenvalue weighted by Gasteiger charge is -2.24. The van der Waals surface area contributed by atoms with Gasteiger partial charge in [0.15, 0.2) is 0 Å². The Morgan fingerprint density at radius 3 is 2.48 bits per heavy atom. The van der Waals surface area contributed by atoms with Crippen LogP contribution in [-0.4, -0.2) is 29.8 Å². The molecule has 1 aromatic carbocycles. The lowest BCUT2D eigenvalue weighted by atomic mass is 10.1. The Hall–Kier alpha value is -2.14. The predicted molar refractivity (Wildman–Crippen MR) is 91.2 cm³/mol. The van der Waals surface area contributed by atoms with Gasteiger partial charge in [-0.3, -0.25) is 9.59 Å². The molecule has 1 atom stereocenters. The van der Waals surface area contributed by atoms with E-state index >= 15 is 0 Å². The van der Waals surface area contributed by atoms with Gasteiger partial charge in [-0.05, 0) is 29.9 Å². The van der Waals surface area contributed by atoms with Crippen LogP contribution >= 0.6 is 11.3 Å². The summed E-state index contributed by atoms with van der Waals surface area (Å²) >= 11 is 1.55. The van der Waals surface area contributed by atoms with Crippen LogP contribution in [0.15, 0.2) is 47.8 Å². The summed E-state index contributed by atoms with van der Waals surface area (Å²) in [5.74, 6) is -0.123. The first-order valence-corrected chi connectivity index (χ1v) is 8.77. The van der Waals surface area contributed by atoms with Crippen molar-refractivity contribution < 1.29 is 9.59 Å². The second kappa shape index (κ2) is 7.42. The highest BCUT2D eigenvalue weighted by Crippen LogP contribution is 2.20. The van der Waals surface area contributed by atoms with Crippen LogP contribution in [0, 0.1) is 0 Å². The molecule has 1 aliphatic rings. The number of nitrogens with zero attached hydrogens (tertiary/aromatic N) is 1. The van der Waals surface area contributed by atoms with E-state index in [9.17, 15) is 9.59 Å². The summed E-state index contributed by atoms with van der Waals surface area (Å²) in [6.07, 6.45) is 2.39. The van der Waals surface area contributed by atoms with Gasteiger partial charge >= 0.3 is 0 Å². The summed E-state index contributed by atoms with van der Waals surface area (Å²) in [5.41, 5.74) is 0.837. The molecule has 1 aromatic heterocycles. The van der Waals surface area contributed by atoms with Crippen molar-refractivity contribution in [3.8, 4) is 0 Å². The lowest BCUT2D eigenvalue weighted by Crippen LogP contribution is -2.42. The van der Waals surface area contributed by atoms with Crippen LogP contribution in [0.3, 0.4) is 0 Å². The van der Waals surface area contributed by atoms with E-state index in [1.807, 2.05) is 52.7 Å². The normalized spacial score (nSPS) is 15.4. The molecule has 2 amide bonds. The fraction of sp³-hybridized carbons (Fsp3) is 0.333. The fourth-order valence-corrected chi connectivity index (χ4v) is 3.54. The molecule has 1 fully saturated rings. The second-order valence-electron chi connectivity index (χ2n) is 5.70. The van der Waals surface area contributed by atoms with Crippen LogP contribution < -0.4 is 5.32 Å². The second-order valence-corrected chi connectivity index (χ2v) is 6.73. The summed E-state index contributed by atoms with van der Waals surface area (Å²) in [7, 11) is 0. The Labute approximate surface area is 140 Å². The molecule has 0 saturated carbocycles. The van der Waals surface area contributed by atoms with E-state index in [1.165, 1.54) is 0 Å². The van der Waals surface area contributed by atoms with Gasteiger partial charge in [-0.2, -0.15) is 0 Å². The van der Waals surface area contributed by atoms with Gasteiger partial charge in [0.1, 0.15) is 6.04 Å². The van der Waals surface area contributed by atoms with Crippen molar-refractivity contribution in [3.05, 3.63) is 58.3 Å². The highest BCUT2D eigenvalue weighted by atomic mass is 32.1. The Morgan fingerprint density at radius 2 is 1.83 bits per heavy atom. The van der Waals surface area contributed by atoms with Crippen molar-refractivity contribution >= 4 is 23.2 Å². The van der Waals surface area contributed by atoms with E-state index in [-0.39, 0.29) is 11.8 Å². The first-order chi connectivity index (χ1) is 11.2. The molecule has 3 rings (SSSR count). The molecule has 1 aliphatic heterocycles. The average molecular weight is 328 g/mol. The Balaban J connectivity index is 1.74. The monoisotopic (exact) mass is 328 g/mol. The first kappa shape index (κ1) is 15.7. The van der Waals surface area contributed by atoms with Crippen LogP contribution in [0.2, 0.25) is 0 Å². The molecule has 0 spiro atoms. The van der Waals surface area contributed by atoms with E-state index in [0.29, 0.717) is 6.42 Å². The summed E-state index contributed by atoms with van der Waals surface area (Å²) in [6.45, 7) is 1.56. The first-order valence-electron chi connectivity index (χ1n) is 7.89. The number of nitrogens with one attached hydrogen (secondary N) is 1. The van der Waals surface area contributed by atoms with Crippen molar-refractivity contribution in [2.24, 2.45) is 0 Å². The van der Waals surface area contributed by atoms with Gasteiger partial charge < -0.3 is 10.2 Å². The van der Waals surface area contributed by atoms with E-state index in [0.717, 1.165) is 36.4 Å². The zero-order valence-electron chi connectivity index (χ0n) is 12.9. The maximum absolute atomic E-state index is 12.8. The summed E-state index contributed by atoms with van der Waals surface area (Å²) in [5, 5.41) is 4.88. The summed E-state index contributed by atoms with van der Waals surface area (Å²) in [4.78, 5) is 28.0. The molecule has 120 valence electrons. The van der Waals surface area contributed by atoms with Crippen LogP contribution in [0.5, 0.6) is 0 Å². The number of carbonyl (C=O) groups is 2. The maximum Gasteiger partial charge on any atom is 0.249 e. The van der Waals surface area contributed by atoms with Crippen LogP contribution in [-0.2, 0) is 16.0 Å². The molecule has 2 aromatic rings. The molecule has 4 nitrogen and oxygen atoms in total. The van der Waals surface area contributed by atoms with Crippen molar-refractivity contribution in [2.75, 3.05) is 13.1 Å². The van der Waals surface area contributed by atoms with Crippen molar-refractivity contribution in [1.82, 2.24) is 10.2 Å². The van der Waals surface area contributed by atoms with Crippen molar-refractivity contribution in [3.63, 3.8) is 0 Å². The molecular weight excluding hydrogens is 308 g/mol. The maximum atomic E-state index is 12.8. The summed E-state index contributed by atoms with van der Waals surface area (Å²) in [6, 6.07) is 12.8. The molecule has 0 aliphatic carbocycles. The number of hydrogen-bond donors (Lipinski definition) is 1. The van der Waals surface area contributed by atoms with Gasteiger partial charge in [0.25, 0.3) is 0 Å². The Morgan fingerprint density at radius 1 is 1.09 bits per heavy atom. The van der Waals surface area contributed by atoms with Gasteiger partial charge in [-0.25, -0.2) is 0 Å². The topological polar surface area (TPSA) is 49.4 Å². The number of benzene rings is 1. The van der Waals surface area contributed by atoms with Gasteiger partial charge in [-0.15, -0.1) is 11.3 Å². The minimum Gasteiger partial charge on any atom is -0.341 e. The van der Waals surface area contributed by atoms with E-state index < -0.39 is 6.04 Å². The third-order valence-electron chi connectivity index (χ3n) is 4.02. The van der Waals surface area contributed by atoms with E-state index in [4.69, 9.17) is 0 Å². The van der Waals surface area contributed by atoms with Crippen LogP contribution in [0.4, 0.5) is 0 Å².